The average molecular weight is 328 g/mol. The highest BCUT2D eigenvalue weighted by Gasteiger charge is 2.22. The highest BCUT2D eigenvalue weighted by Crippen LogP contribution is 2.32. The quantitative estimate of drug-likeness (QED) is 0.695. The van der Waals surface area contributed by atoms with Gasteiger partial charge in [-0.25, -0.2) is 4.98 Å². The smallest absolute Gasteiger partial charge is 0.275 e. The van der Waals surface area contributed by atoms with E-state index in [-0.39, 0.29) is 11.6 Å². The van der Waals surface area contributed by atoms with Gasteiger partial charge in [-0.1, -0.05) is 55.5 Å². The van der Waals surface area contributed by atoms with E-state index in [0.717, 1.165) is 24.5 Å². The topological polar surface area (TPSA) is 50.5 Å². The first-order valence-electron chi connectivity index (χ1n) is 7.91. The van der Waals surface area contributed by atoms with Gasteiger partial charge in [0.15, 0.2) is 0 Å². The predicted molar refractivity (Wildman–Crippen MR) is 94.2 cm³/mol. The summed E-state index contributed by atoms with van der Waals surface area (Å²) in [6, 6.07) is 12.1. The Labute approximate surface area is 139 Å². The maximum absolute atomic E-state index is 11.9. The lowest BCUT2D eigenvalue weighted by Gasteiger charge is -2.30. The molecule has 0 aliphatic carbocycles. The minimum absolute atomic E-state index is 0.137. The Bertz CT molecular complexity index is 827. The van der Waals surface area contributed by atoms with Crippen molar-refractivity contribution in [2.45, 2.75) is 32.7 Å². The lowest BCUT2D eigenvalue weighted by Crippen LogP contribution is -2.29. The van der Waals surface area contributed by atoms with Crippen molar-refractivity contribution in [1.82, 2.24) is 14.6 Å². The molecular formula is C17H20N4OS. The van der Waals surface area contributed by atoms with Gasteiger partial charge in [0.25, 0.3) is 5.56 Å². The fraction of sp³-hybridized carbons (Fsp3) is 0.353. The second kappa shape index (κ2) is 6.91. The van der Waals surface area contributed by atoms with E-state index < -0.39 is 0 Å². The predicted octanol–water partition coefficient (Wildman–Crippen LogP) is 3.52. The van der Waals surface area contributed by atoms with Gasteiger partial charge in [0.05, 0.1) is 6.04 Å². The van der Waals surface area contributed by atoms with Crippen molar-refractivity contribution in [3.63, 3.8) is 0 Å². The van der Waals surface area contributed by atoms with Crippen molar-refractivity contribution in [2.24, 2.45) is 0 Å². The van der Waals surface area contributed by atoms with Gasteiger partial charge in [-0.2, -0.15) is 4.52 Å². The zero-order valence-corrected chi connectivity index (χ0v) is 14.2. The summed E-state index contributed by atoms with van der Waals surface area (Å²) in [5.41, 5.74) is 1.13. The molecule has 1 atom stereocenters. The number of rotatable bonds is 6. The standard InChI is InChI=1S/C17H20N4OS/c1-3-12-20(14(4-2)13-8-6-5-7-9-13)17-19-21-15(22)10-11-18-16(21)23-17/h5-11,14H,3-4,12H2,1-2H3/t14-/m0/s1. The number of fused-ring (bicyclic) bond motifs is 1. The van der Waals surface area contributed by atoms with Crippen molar-refractivity contribution in [3.8, 4) is 0 Å². The molecule has 0 fully saturated rings. The van der Waals surface area contributed by atoms with Crippen molar-refractivity contribution < 1.29 is 0 Å². The highest BCUT2D eigenvalue weighted by atomic mass is 32.1. The molecule has 0 bridgehead atoms. The van der Waals surface area contributed by atoms with Gasteiger partial charge in [0.1, 0.15) is 0 Å². The summed E-state index contributed by atoms with van der Waals surface area (Å²) < 4.78 is 1.39. The second-order valence-corrected chi connectivity index (χ2v) is 6.32. The molecule has 2 aromatic heterocycles. The van der Waals surface area contributed by atoms with Crippen LogP contribution in [-0.2, 0) is 0 Å². The van der Waals surface area contributed by atoms with Gasteiger partial charge in [0.2, 0.25) is 10.1 Å². The van der Waals surface area contributed by atoms with E-state index in [2.05, 4.69) is 53.1 Å². The molecule has 120 valence electrons. The summed E-state index contributed by atoms with van der Waals surface area (Å²) in [5.74, 6) is 0. The first-order valence-corrected chi connectivity index (χ1v) is 8.72. The van der Waals surface area contributed by atoms with E-state index in [1.54, 1.807) is 0 Å². The number of benzene rings is 1. The highest BCUT2D eigenvalue weighted by molar-refractivity contribution is 7.20. The van der Waals surface area contributed by atoms with Crippen LogP contribution in [-0.4, -0.2) is 21.1 Å². The van der Waals surface area contributed by atoms with Crippen molar-refractivity contribution in [2.75, 3.05) is 11.4 Å². The Morgan fingerprint density at radius 1 is 1.22 bits per heavy atom. The third kappa shape index (κ3) is 3.12. The fourth-order valence-corrected chi connectivity index (χ4v) is 3.74. The maximum atomic E-state index is 11.9. The number of aromatic nitrogens is 3. The van der Waals surface area contributed by atoms with E-state index in [9.17, 15) is 4.79 Å². The Morgan fingerprint density at radius 2 is 2.00 bits per heavy atom. The van der Waals surface area contributed by atoms with Crippen LogP contribution in [0.25, 0.3) is 4.96 Å². The number of hydrogen-bond acceptors (Lipinski definition) is 5. The zero-order chi connectivity index (χ0) is 16.2. The summed E-state index contributed by atoms with van der Waals surface area (Å²) in [6.07, 6.45) is 3.53. The third-order valence-corrected chi connectivity index (χ3v) is 4.78. The van der Waals surface area contributed by atoms with Crippen molar-refractivity contribution in [3.05, 3.63) is 58.5 Å². The minimum Gasteiger partial charge on any atom is -0.340 e. The van der Waals surface area contributed by atoms with E-state index >= 15 is 0 Å². The van der Waals surface area contributed by atoms with Gasteiger partial charge in [-0.05, 0) is 18.4 Å². The molecule has 0 radical (unpaired) electrons. The molecule has 0 unspecified atom stereocenters. The Kier molecular flexibility index (Phi) is 4.71. The molecule has 2 heterocycles. The number of hydrogen-bond donors (Lipinski definition) is 0. The van der Waals surface area contributed by atoms with Gasteiger partial charge in [-0.3, -0.25) is 4.79 Å². The Hall–Kier alpha value is -2.21. The number of nitrogens with zero attached hydrogens (tertiary/aromatic N) is 4. The van der Waals surface area contributed by atoms with Crippen LogP contribution in [0.4, 0.5) is 5.13 Å². The summed E-state index contributed by atoms with van der Waals surface area (Å²) in [4.78, 5) is 19.1. The molecule has 0 N–H and O–H groups in total. The Morgan fingerprint density at radius 3 is 2.65 bits per heavy atom. The van der Waals surface area contributed by atoms with Crippen LogP contribution in [0.2, 0.25) is 0 Å². The molecule has 0 amide bonds. The van der Waals surface area contributed by atoms with E-state index in [4.69, 9.17) is 0 Å². The van der Waals surface area contributed by atoms with Gasteiger partial charge < -0.3 is 4.90 Å². The van der Waals surface area contributed by atoms with Gasteiger partial charge in [0, 0.05) is 18.8 Å². The molecule has 3 rings (SSSR count). The summed E-state index contributed by atoms with van der Waals surface area (Å²) in [6.45, 7) is 5.22. The molecule has 5 nitrogen and oxygen atoms in total. The molecule has 1 aromatic carbocycles. The lowest BCUT2D eigenvalue weighted by molar-refractivity contribution is 0.590. The van der Waals surface area contributed by atoms with Crippen LogP contribution in [0.15, 0.2) is 47.4 Å². The van der Waals surface area contributed by atoms with E-state index in [0.29, 0.717) is 4.96 Å². The van der Waals surface area contributed by atoms with Crippen molar-refractivity contribution in [1.29, 1.82) is 0 Å². The Balaban J connectivity index is 2.05. The molecule has 0 spiro atoms. The molecule has 23 heavy (non-hydrogen) atoms. The van der Waals surface area contributed by atoms with Crippen LogP contribution < -0.4 is 10.5 Å². The molecular weight excluding hydrogens is 308 g/mol. The summed E-state index contributed by atoms with van der Waals surface area (Å²) in [7, 11) is 0. The van der Waals surface area contributed by atoms with Crippen LogP contribution in [0.5, 0.6) is 0 Å². The monoisotopic (exact) mass is 328 g/mol. The largest absolute Gasteiger partial charge is 0.340 e. The molecule has 0 aliphatic heterocycles. The lowest BCUT2D eigenvalue weighted by atomic mass is 10.0. The normalized spacial score (nSPS) is 12.4. The SMILES string of the molecule is CCCN(c1nn2c(=O)ccnc2s1)[C@@H](CC)c1ccccc1. The van der Waals surface area contributed by atoms with Crippen LogP contribution in [0, 0.1) is 0 Å². The minimum atomic E-state index is -0.137. The van der Waals surface area contributed by atoms with Gasteiger partial charge >= 0.3 is 0 Å². The average Bonchev–Trinajstić information content (AvgIpc) is 3.01. The molecule has 6 heteroatoms. The van der Waals surface area contributed by atoms with E-state index in [1.807, 2.05) is 6.07 Å². The number of anilines is 1. The fourth-order valence-electron chi connectivity index (χ4n) is 2.79. The third-order valence-electron chi connectivity index (χ3n) is 3.82. The summed E-state index contributed by atoms with van der Waals surface area (Å²) >= 11 is 1.46. The molecule has 0 aliphatic rings. The first kappa shape index (κ1) is 15.7. The second-order valence-electron chi connectivity index (χ2n) is 5.39. The molecule has 0 saturated carbocycles. The van der Waals surface area contributed by atoms with Gasteiger partial charge in [-0.15, -0.1) is 5.10 Å². The molecule has 0 saturated heterocycles. The van der Waals surface area contributed by atoms with Crippen molar-refractivity contribution >= 4 is 21.4 Å². The summed E-state index contributed by atoms with van der Waals surface area (Å²) in [5, 5.41) is 5.36. The van der Waals surface area contributed by atoms with Crippen LogP contribution in [0.3, 0.4) is 0 Å². The van der Waals surface area contributed by atoms with E-state index in [1.165, 1.54) is 33.7 Å². The zero-order valence-electron chi connectivity index (χ0n) is 13.3. The van der Waals surface area contributed by atoms with Crippen LogP contribution >= 0.6 is 11.3 Å². The molecule has 3 aromatic rings. The maximum Gasteiger partial charge on any atom is 0.275 e. The first-order chi connectivity index (χ1) is 11.2. The van der Waals surface area contributed by atoms with Crippen LogP contribution in [0.1, 0.15) is 38.3 Å².